The smallest absolute Gasteiger partial charge is 0.124 e. The average molecular weight is 266 g/mol. The number of nitrogens with one attached hydrogen (secondary N) is 1. The summed E-state index contributed by atoms with van der Waals surface area (Å²) < 4.78 is 18.4. The van der Waals surface area contributed by atoms with E-state index in [-0.39, 0.29) is 11.9 Å². The van der Waals surface area contributed by atoms with Gasteiger partial charge in [0.2, 0.25) is 0 Å². The fraction of sp³-hybridized carbons (Fsp3) is 0.286. The maximum atomic E-state index is 13.0. The molecular formula is C14H13ClFNO. The van der Waals surface area contributed by atoms with E-state index in [1.807, 2.05) is 6.07 Å². The molecule has 1 unspecified atom stereocenters. The molecule has 1 atom stereocenters. The Balaban J connectivity index is 1.86. The topological polar surface area (TPSA) is 25.2 Å². The summed E-state index contributed by atoms with van der Waals surface area (Å²) in [6.07, 6.45) is 4.81. The summed E-state index contributed by atoms with van der Waals surface area (Å²) >= 11 is 6.02. The summed E-state index contributed by atoms with van der Waals surface area (Å²) in [4.78, 5) is 0. The van der Waals surface area contributed by atoms with Gasteiger partial charge >= 0.3 is 0 Å². The predicted octanol–water partition coefficient (Wildman–Crippen LogP) is 4.56. The molecule has 0 spiro atoms. The van der Waals surface area contributed by atoms with E-state index >= 15 is 0 Å². The third-order valence-electron chi connectivity index (χ3n) is 3.31. The van der Waals surface area contributed by atoms with Crippen LogP contribution in [0.5, 0.6) is 0 Å². The number of anilines is 1. The Morgan fingerprint density at radius 1 is 1.33 bits per heavy atom. The number of hydrogen-bond donors (Lipinski definition) is 1. The van der Waals surface area contributed by atoms with Gasteiger partial charge < -0.3 is 9.73 Å². The van der Waals surface area contributed by atoms with E-state index in [4.69, 9.17) is 16.0 Å². The summed E-state index contributed by atoms with van der Waals surface area (Å²) in [6, 6.07) is 6.59. The van der Waals surface area contributed by atoms with E-state index in [0.717, 1.165) is 30.7 Å². The first-order chi connectivity index (χ1) is 8.74. The molecule has 0 saturated carbocycles. The normalized spacial score (nSPS) is 18.4. The van der Waals surface area contributed by atoms with Crippen molar-refractivity contribution in [2.24, 2.45) is 0 Å². The minimum Gasteiger partial charge on any atom is -0.469 e. The van der Waals surface area contributed by atoms with E-state index in [1.54, 1.807) is 12.3 Å². The first-order valence-corrected chi connectivity index (χ1v) is 6.39. The van der Waals surface area contributed by atoms with Gasteiger partial charge in [0.05, 0.1) is 23.0 Å². The van der Waals surface area contributed by atoms with Crippen LogP contribution < -0.4 is 5.32 Å². The van der Waals surface area contributed by atoms with Crippen LogP contribution in [0.25, 0.3) is 0 Å². The van der Waals surface area contributed by atoms with Gasteiger partial charge in [-0.1, -0.05) is 11.6 Å². The molecule has 3 rings (SSSR count). The van der Waals surface area contributed by atoms with Crippen LogP contribution in [0.2, 0.25) is 5.02 Å². The van der Waals surface area contributed by atoms with Gasteiger partial charge in [-0.15, -0.1) is 0 Å². The fourth-order valence-corrected chi connectivity index (χ4v) is 2.65. The van der Waals surface area contributed by atoms with Crippen LogP contribution in [0.3, 0.4) is 0 Å². The van der Waals surface area contributed by atoms with Crippen LogP contribution in [0.1, 0.15) is 30.2 Å². The monoisotopic (exact) mass is 265 g/mol. The van der Waals surface area contributed by atoms with E-state index in [1.165, 1.54) is 17.7 Å². The summed E-state index contributed by atoms with van der Waals surface area (Å²) in [5.74, 6) is 0.718. The molecule has 94 valence electrons. The molecule has 2 aromatic rings. The minimum absolute atomic E-state index is 0.190. The van der Waals surface area contributed by atoms with Gasteiger partial charge in [-0.2, -0.15) is 0 Å². The SMILES string of the molecule is Fc1ccc(NC2CCCc3occc32)c(Cl)c1. The Hall–Kier alpha value is -1.48. The Labute approximate surface area is 110 Å². The highest BCUT2D eigenvalue weighted by Crippen LogP contribution is 2.35. The number of fused-ring (bicyclic) bond motifs is 1. The molecule has 0 fully saturated rings. The van der Waals surface area contributed by atoms with Crippen molar-refractivity contribution >= 4 is 17.3 Å². The number of furan rings is 1. The van der Waals surface area contributed by atoms with Gasteiger partial charge in [-0.3, -0.25) is 0 Å². The van der Waals surface area contributed by atoms with Gasteiger partial charge in [-0.05, 0) is 37.1 Å². The first-order valence-electron chi connectivity index (χ1n) is 6.02. The van der Waals surface area contributed by atoms with E-state index in [0.29, 0.717) is 5.02 Å². The molecule has 1 N–H and O–H groups in total. The molecule has 4 heteroatoms. The summed E-state index contributed by atoms with van der Waals surface area (Å²) in [6.45, 7) is 0. The van der Waals surface area contributed by atoms with E-state index < -0.39 is 0 Å². The second-order valence-corrected chi connectivity index (χ2v) is 4.92. The number of benzene rings is 1. The fourth-order valence-electron chi connectivity index (χ4n) is 2.43. The Morgan fingerprint density at radius 2 is 2.22 bits per heavy atom. The first kappa shape index (κ1) is 11.6. The van der Waals surface area contributed by atoms with Crippen LogP contribution in [-0.2, 0) is 6.42 Å². The van der Waals surface area contributed by atoms with Crippen molar-refractivity contribution in [3.8, 4) is 0 Å². The van der Waals surface area contributed by atoms with Gasteiger partial charge in [-0.25, -0.2) is 4.39 Å². The lowest BCUT2D eigenvalue weighted by atomic mass is 9.93. The molecule has 0 amide bonds. The molecular weight excluding hydrogens is 253 g/mol. The Kier molecular flexibility index (Phi) is 3.00. The van der Waals surface area contributed by atoms with Crippen molar-refractivity contribution in [1.82, 2.24) is 0 Å². The standard InChI is InChI=1S/C14H13ClFNO/c15-11-8-9(16)4-5-13(11)17-12-2-1-3-14-10(12)6-7-18-14/h4-8,12,17H,1-3H2. The molecule has 0 bridgehead atoms. The molecule has 0 radical (unpaired) electrons. The van der Waals surface area contributed by atoms with Crippen LogP contribution in [0, 0.1) is 5.82 Å². The summed E-state index contributed by atoms with van der Waals surface area (Å²) in [5, 5.41) is 3.77. The highest BCUT2D eigenvalue weighted by atomic mass is 35.5. The van der Waals surface area contributed by atoms with Crippen molar-refractivity contribution in [3.05, 3.63) is 52.7 Å². The van der Waals surface area contributed by atoms with E-state index in [2.05, 4.69) is 5.32 Å². The van der Waals surface area contributed by atoms with Gasteiger partial charge in [0.15, 0.2) is 0 Å². The quantitative estimate of drug-likeness (QED) is 0.861. The third kappa shape index (κ3) is 2.10. The van der Waals surface area contributed by atoms with Crippen LogP contribution in [0.15, 0.2) is 34.9 Å². The second kappa shape index (κ2) is 4.65. The van der Waals surface area contributed by atoms with E-state index in [9.17, 15) is 4.39 Å². The molecule has 0 saturated heterocycles. The molecule has 1 aromatic carbocycles. The molecule has 1 aliphatic carbocycles. The minimum atomic E-state index is -0.321. The number of aryl methyl sites for hydroxylation is 1. The third-order valence-corrected chi connectivity index (χ3v) is 3.63. The number of hydrogen-bond acceptors (Lipinski definition) is 2. The zero-order valence-electron chi connectivity index (χ0n) is 9.75. The van der Waals surface area contributed by atoms with Crippen molar-refractivity contribution in [3.63, 3.8) is 0 Å². The molecule has 1 aliphatic rings. The van der Waals surface area contributed by atoms with Crippen molar-refractivity contribution in [2.75, 3.05) is 5.32 Å². The molecule has 2 nitrogen and oxygen atoms in total. The highest BCUT2D eigenvalue weighted by Gasteiger charge is 2.22. The summed E-state index contributed by atoms with van der Waals surface area (Å²) in [7, 11) is 0. The zero-order valence-corrected chi connectivity index (χ0v) is 10.5. The lowest BCUT2D eigenvalue weighted by Gasteiger charge is -2.24. The lowest BCUT2D eigenvalue weighted by molar-refractivity contribution is 0.461. The second-order valence-electron chi connectivity index (χ2n) is 4.51. The molecule has 18 heavy (non-hydrogen) atoms. The summed E-state index contributed by atoms with van der Waals surface area (Å²) in [5.41, 5.74) is 1.94. The highest BCUT2D eigenvalue weighted by molar-refractivity contribution is 6.33. The molecule has 1 aromatic heterocycles. The molecule has 1 heterocycles. The maximum Gasteiger partial charge on any atom is 0.124 e. The average Bonchev–Trinajstić information content (AvgIpc) is 2.82. The Morgan fingerprint density at radius 3 is 3.06 bits per heavy atom. The van der Waals surface area contributed by atoms with Crippen molar-refractivity contribution in [1.29, 1.82) is 0 Å². The van der Waals surface area contributed by atoms with Gasteiger partial charge in [0.1, 0.15) is 11.6 Å². The largest absolute Gasteiger partial charge is 0.469 e. The Bertz CT molecular complexity index is 567. The lowest BCUT2D eigenvalue weighted by Crippen LogP contribution is -2.16. The zero-order chi connectivity index (χ0) is 12.5. The van der Waals surface area contributed by atoms with Gasteiger partial charge in [0.25, 0.3) is 0 Å². The number of halogens is 2. The maximum absolute atomic E-state index is 13.0. The van der Waals surface area contributed by atoms with Crippen LogP contribution >= 0.6 is 11.6 Å². The van der Waals surface area contributed by atoms with Crippen LogP contribution in [-0.4, -0.2) is 0 Å². The molecule has 0 aliphatic heterocycles. The van der Waals surface area contributed by atoms with Gasteiger partial charge in [0, 0.05) is 12.0 Å². The van der Waals surface area contributed by atoms with Crippen molar-refractivity contribution < 1.29 is 8.81 Å². The van der Waals surface area contributed by atoms with Crippen LogP contribution in [0.4, 0.5) is 10.1 Å². The van der Waals surface area contributed by atoms with Crippen molar-refractivity contribution in [2.45, 2.75) is 25.3 Å². The number of rotatable bonds is 2. The predicted molar refractivity (Wildman–Crippen MR) is 69.4 cm³/mol.